The molecular weight excluding hydrogens is 373 g/mol. The molecule has 0 aliphatic carbocycles. The zero-order chi connectivity index (χ0) is 20.7. The highest BCUT2D eigenvalue weighted by Crippen LogP contribution is 2.31. The summed E-state index contributed by atoms with van der Waals surface area (Å²) in [6, 6.07) is 11.5. The topological polar surface area (TPSA) is 108 Å². The van der Waals surface area contributed by atoms with Gasteiger partial charge in [0.15, 0.2) is 0 Å². The second-order valence-corrected chi connectivity index (χ2v) is 5.75. The summed E-state index contributed by atoms with van der Waals surface area (Å²) in [7, 11) is 0. The van der Waals surface area contributed by atoms with Crippen LogP contribution < -0.4 is 16.4 Å². The molecule has 0 aliphatic heterocycles. The molecule has 2 amide bonds. The number of hydrogen-bond donors (Lipinski definition) is 4. The molecule has 0 saturated heterocycles. The van der Waals surface area contributed by atoms with Gasteiger partial charge in [0.2, 0.25) is 5.91 Å². The Hall–Kier alpha value is -3.62. The molecule has 0 bridgehead atoms. The third-order valence-electron chi connectivity index (χ3n) is 3.48. The van der Waals surface area contributed by atoms with Gasteiger partial charge in [0.05, 0.1) is 5.56 Å². The second kappa shape index (κ2) is 8.85. The SMILES string of the molecule is N=C(/C=C\C(=O)Nc1ccccc1)C(=O)NCc1cc(N)cc(C(F)(F)F)c1. The Kier molecular flexibility index (Phi) is 6.54. The summed E-state index contributed by atoms with van der Waals surface area (Å²) in [5.74, 6) is -1.38. The molecule has 0 saturated carbocycles. The van der Waals surface area contributed by atoms with Crippen LogP contribution in [0.15, 0.2) is 60.7 Å². The summed E-state index contributed by atoms with van der Waals surface area (Å²) in [4.78, 5) is 23.6. The molecule has 0 fully saturated rings. The standard InChI is InChI=1S/C19H17F3N4O2/c20-19(21,22)13-8-12(9-14(23)10-13)11-25-18(28)16(24)6-7-17(27)26-15-4-2-1-3-5-15/h1-10,24H,11,23H2,(H,25,28)(H,26,27)/b7-6-,24-16?. The minimum absolute atomic E-state index is 0.0911. The van der Waals surface area contributed by atoms with Crippen LogP contribution in [-0.4, -0.2) is 17.5 Å². The second-order valence-electron chi connectivity index (χ2n) is 5.75. The number of halogens is 3. The lowest BCUT2D eigenvalue weighted by molar-refractivity contribution is -0.137. The summed E-state index contributed by atoms with van der Waals surface area (Å²) in [5, 5.41) is 12.5. The Morgan fingerprint density at radius 3 is 2.39 bits per heavy atom. The number of alkyl halides is 3. The Morgan fingerprint density at radius 2 is 1.75 bits per heavy atom. The number of para-hydroxylation sites is 1. The highest BCUT2D eigenvalue weighted by molar-refractivity contribution is 6.42. The number of nitrogen functional groups attached to an aromatic ring is 1. The lowest BCUT2D eigenvalue weighted by atomic mass is 10.1. The maximum absolute atomic E-state index is 12.8. The van der Waals surface area contributed by atoms with Crippen molar-refractivity contribution in [2.75, 3.05) is 11.1 Å². The van der Waals surface area contributed by atoms with E-state index in [9.17, 15) is 22.8 Å². The number of anilines is 2. The monoisotopic (exact) mass is 390 g/mol. The number of carbonyl (C=O) groups is 2. The number of nitrogens with one attached hydrogen (secondary N) is 3. The van der Waals surface area contributed by atoms with E-state index in [1.165, 1.54) is 6.07 Å². The van der Waals surface area contributed by atoms with E-state index in [4.69, 9.17) is 11.1 Å². The van der Waals surface area contributed by atoms with Crippen LogP contribution >= 0.6 is 0 Å². The van der Waals surface area contributed by atoms with Gasteiger partial charge in [0.25, 0.3) is 5.91 Å². The van der Waals surface area contributed by atoms with Crippen molar-refractivity contribution in [3.05, 3.63) is 71.8 Å². The summed E-state index contributed by atoms with van der Waals surface area (Å²) in [6.07, 6.45) is -2.55. The largest absolute Gasteiger partial charge is 0.416 e. The third-order valence-corrected chi connectivity index (χ3v) is 3.48. The van der Waals surface area contributed by atoms with Gasteiger partial charge in [-0.25, -0.2) is 0 Å². The van der Waals surface area contributed by atoms with Crippen LogP contribution in [0.5, 0.6) is 0 Å². The van der Waals surface area contributed by atoms with E-state index < -0.39 is 29.3 Å². The number of benzene rings is 2. The molecule has 146 valence electrons. The van der Waals surface area contributed by atoms with Crippen molar-refractivity contribution >= 4 is 28.9 Å². The lowest BCUT2D eigenvalue weighted by Crippen LogP contribution is -2.29. The zero-order valence-corrected chi connectivity index (χ0v) is 14.5. The smallest absolute Gasteiger partial charge is 0.399 e. The Labute approximate surface area is 158 Å². The highest BCUT2D eigenvalue weighted by Gasteiger charge is 2.31. The van der Waals surface area contributed by atoms with Crippen LogP contribution in [0.2, 0.25) is 0 Å². The molecule has 0 heterocycles. The molecule has 0 aromatic heterocycles. The maximum atomic E-state index is 12.8. The van der Waals surface area contributed by atoms with Crippen molar-refractivity contribution in [1.29, 1.82) is 5.41 Å². The minimum atomic E-state index is -4.56. The van der Waals surface area contributed by atoms with Crippen LogP contribution in [0.3, 0.4) is 0 Å². The molecular formula is C19H17F3N4O2. The Morgan fingerprint density at radius 1 is 1.07 bits per heavy atom. The quantitative estimate of drug-likeness (QED) is 0.346. The minimum Gasteiger partial charge on any atom is -0.399 e. The average Bonchev–Trinajstić information content (AvgIpc) is 2.64. The van der Waals surface area contributed by atoms with Crippen molar-refractivity contribution in [1.82, 2.24) is 5.32 Å². The summed E-state index contributed by atoms with van der Waals surface area (Å²) in [6.45, 7) is -0.251. The van der Waals surface area contributed by atoms with E-state index in [0.717, 1.165) is 24.3 Å². The molecule has 6 nitrogen and oxygen atoms in total. The van der Waals surface area contributed by atoms with E-state index in [0.29, 0.717) is 5.69 Å². The van der Waals surface area contributed by atoms with E-state index in [1.807, 2.05) is 0 Å². The molecule has 0 unspecified atom stereocenters. The Bertz CT molecular complexity index is 909. The van der Waals surface area contributed by atoms with Crippen molar-refractivity contribution < 1.29 is 22.8 Å². The van der Waals surface area contributed by atoms with Gasteiger partial charge in [-0.2, -0.15) is 13.2 Å². The molecule has 0 aliphatic rings. The number of amides is 2. The number of rotatable bonds is 6. The first-order valence-corrected chi connectivity index (χ1v) is 8.02. The van der Waals surface area contributed by atoms with Gasteiger partial charge in [-0.05, 0) is 42.0 Å². The van der Waals surface area contributed by atoms with Gasteiger partial charge < -0.3 is 16.4 Å². The predicted octanol–water partition coefficient (Wildman–Crippen LogP) is 3.12. The molecule has 2 aromatic rings. The fourth-order valence-corrected chi connectivity index (χ4v) is 2.20. The van der Waals surface area contributed by atoms with Crippen molar-refractivity contribution in [3.63, 3.8) is 0 Å². The molecule has 0 spiro atoms. The van der Waals surface area contributed by atoms with E-state index in [2.05, 4.69) is 10.6 Å². The molecule has 2 aromatic carbocycles. The first-order valence-electron chi connectivity index (χ1n) is 8.02. The first kappa shape index (κ1) is 20.7. The van der Waals surface area contributed by atoms with Gasteiger partial charge in [0, 0.05) is 24.0 Å². The van der Waals surface area contributed by atoms with Gasteiger partial charge >= 0.3 is 6.18 Å². The third kappa shape index (κ3) is 6.27. The zero-order valence-electron chi connectivity index (χ0n) is 14.5. The van der Waals surface area contributed by atoms with Crippen LogP contribution in [0.25, 0.3) is 0 Å². The average molecular weight is 390 g/mol. The predicted molar refractivity (Wildman–Crippen MR) is 99.6 cm³/mol. The van der Waals surface area contributed by atoms with Crippen LogP contribution in [0.1, 0.15) is 11.1 Å². The van der Waals surface area contributed by atoms with Crippen LogP contribution in [0, 0.1) is 5.41 Å². The van der Waals surface area contributed by atoms with Gasteiger partial charge in [0.1, 0.15) is 5.71 Å². The molecule has 5 N–H and O–H groups in total. The van der Waals surface area contributed by atoms with E-state index >= 15 is 0 Å². The normalized spacial score (nSPS) is 11.2. The fraction of sp³-hybridized carbons (Fsp3) is 0.105. The number of nitrogens with two attached hydrogens (primary N) is 1. The fourth-order valence-electron chi connectivity index (χ4n) is 2.20. The summed E-state index contributed by atoms with van der Waals surface area (Å²) < 4.78 is 38.3. The molecule has 9 heteroatoms. The molecule has 2 rings (SSSR count). The first-order chi connectivity index (χ1) is 13.1. The maximum Gasteiger partial charge on any atom is 0.416 e. The van der Waals surface area contributed by atoms with Gasteiger partial charge in [-0.15, -0.1) is 0 Å². The number of carbonyl (C=O) groups excluding carboxylic acids is 2. The van der Waals surface area contributed by atoms with Crippen molar-refractivity contribution in [3.8, 4) is 0 Å². The summed E-state index contributed by atoms with van der Waals surface area (Å²) in [5.41, 5.74) is 4.60. The van der Waals surface area contributed by atoms with Crippen molar-refractivity contribution in [2.24, 2.45) is 0 Å². The molecule has 0 radical (unpaired) electrons. The molecule has 28 heavy (non-hydrogen) atoms. The van der Waals surface area contributed by atoms with E-state index in [-0.39, 0.29) is 17.8 Å². The van der Waals surface area contributed by atoms with Crippen molar-refractivity contribution in [2.45, 2.75) is 12.7 Å². The van der Waals surface area contributed by atoms with Crippen LogP contribution in [-0.2, 0) is 22.3 Å². The van der Waals surface area contributed by atoms with Crippen LogP contribution in [0.4, 0.5) is 24.5 Å². The van der Waals surface area contributed by atoms with Gasteiger partial charge in [-0.1, -0.05) is 18.2 Å². The molecule has 0 atom stereocenters. The Balaban J connectivity index is 1.91. The number of hydrogen-bond acceptors (Lipinski definition) is 4. The summed E-state index contributed by atoms with van der Waals surface area (Å²) >= 11 is 0. The lowest BCUT2D eigenvalue weighted by Gasteiger charge is -2.11. The van der Waals surface area contributed by atoms with E-state index in [1.54, 1.807) is 30.3 Å². The van der Waals surface area contributed by atoms with Gasteiger partial charge in [-0.3, -0.25) is 15.0 Å². The highest BCUT2D eigenvalue weighted by atomic mass is 19.4.